The van der Waals surface area contributed by atoms with E-state index in [9.17, 15) is 4.79 Å². The van der Waals surface area contributed by atoms with E-state index in [1.54, 1.807) is 4.90 Å². The molecule has 0 radical (unpaired) electrons. The van der Waals surface area contributed by atoms with Crippen LogP contribution in [0.1, 0.15) is 38.9 Å². The predicted molar refractivity (Wildman–Crippen MR) is 126 cm³/mol. The first-order valence-corrected chi connectivity index (χ1v) is 11.4. The maximum absolute atomic E-state index is 12.0. The molecular formula is C23H33N7O2. The molecule has 3 aromatic rings. The highest BCUT2D eigenvalue weighted by molar-refractivity contribution is 6.06. The number of nitrogens with one attached hydrogen (secondary N) is 1. The van der Waals surface area contributed by atoms with Gasteiger partial charge in [0, 0.05) is 25.1 Å². The first-order valence-electron chi connectivity index (χ1n) is 11.4. The van der Waals surface area contributed by atoms with Gasteiger partial charge in [-0.05, 0) is 38.8 Å². The van der Waals surface area contributed by atoms with Crippen molar-refractivity contribution in [1.82, 2.24) is 24.8 Å². The molecule has 3 heterocycles. The van der Waals surface area contributed by atoms with Crippen molar-refractivity contribution in [3.8, 4) is 0 Å². The zero-order chi connectivity index (χ0) is 22.7. The topological polar surface area (TPSA) is 124 Å². The molecule has 1 fully saturated rings. The molecule has 1 aliphatic heterocycles. The smallest absolute Gasteiger partial charge is 0.315 e. The summed E-state index contributed by atoms with van der Waals surface area (Å²) in [5.74, 6) is 1.39. The predicted octanol–water partition coefficient (Wildman–Crippen LogP) is 2.61. The van der Waals surface area contributed by atoms with E-state index in [1.165, 1.54) is 0 Å². The van der Waals surface area contributed by atoms with Gasteiger partial charge in [0.1, 0.15) is 11.3 Å². The molecule has 0 bridgehead atoms. The number of aromatic nitrogens is 3. The summed E-state index contributed by atoms with van der Waals surface area (Å²) in [6, 6.07) is 7.69. The Morgan fingerprint density at radius 1 is 1.31 bits per heavy atom. The molecule has 2 aromatic heterocycles. The molecule has 5 N–H and O–H groups in total. The summed E-state index contributed by atoms with van der Waals surface area (Å²) in [5, 5.41) is 4.42. The van der Waals surface area contributed by atoms with Gasteiger partial charge in [0.15, 0.2) is 5.82 Å². The molecule has 0 saturated carbocycles. The van der Waals surface area contributed by atoms with Gasteiger partial charge in [-0.2, -0.15) is 0 Å². The highest BCUT2D eigenvalue weighted by atomic mass is 16.5. The van der Waals surface area contributed by atoms with Crippen molar-refractivity contribution < 1.29 is 9.53 Å². The number of carbonyl (C=O) groups is 1. The number of aryl methyl sites for hydroxylation is 1. The molecule has 0 aliphatic carbocycles. The molecule has 32 heavy (non-hydrogen) atoms. The number of benzene rings is 1. The van der Waals surface area contributed by atoms with Crippen LogP contribution < -0.4 is 16.8 Å². The summed E-state index contributed by atoms with van der Waals surface area (Å²) < 4.78 is 7.87. The van der Waals surface area contributed by atoms with Gasteiger partial charge < -0.3 is 31.0 Å². The van der Waals surface area contributed by atoms with Crippen LogP contribution in [0, 0.1) is 0 Å². The van der Waals surface area contributed by atoms with Crippen molar-refractivity contribution in [2.75, 3.05) is 25.4 Å². The molecule has 9 nitrogen and oxygen atoms in total. The van der Waals surface area contributed by atoms with Crippen LogP contribution in [0.5, 0.6) is 0 Å². The number of nitrogens with two attached hydrogens (primary N) is 2. The second-order valence-electron chi connectivity index (χ2n) is 8.34. The fourth-order valence-corrected chi connectivity index (χ4v) is 4.64. The zero-order valence-electron chi connectivity index (χ0n) is 18.9. The van der Waals surface area contributed by atoms with Gasteiger partial charge in [0.2, 0.25) is 0 Å². The van der Waals surface area contributed by atoms with Crippen molar-refractivity contribution in [1.29, 1.82) is 0 Å². The van der Waals surface area contributed by atoms with Crippen molar-refractivity contribution in [2.24, 2.45) is 5.73 Å². The Morgan fingerprint density at radius 3 is 2.84 bits per heavy atom. The van der Waals surface area contributed by atoms with Crippen LogP contribution in [0.15, 0.2) is 24.3 Å². The van der Waals surface area contributed by atoms with Crippen LogP contribution >= 0.6 is 0 Å². The largest absolute Gasteiger partial charge is 0.382 e. The lowest BCUT2D eigenvalue weighted by Crippen LogP contribution is -2.47. The average Bonchev–Trinajstić information content (AvgIpc) is 3.36. The molecule has 2 unspecified atom stereocenters. The van der Waals surface area contributed by atoms with E-state index >= 15 is 0 Å². The van der Waals surface area contributed by atoms with E-state index in [0.29, 0.717) is 25.5 Å². The number of nitrogens with zero attached hydrogens (tertiary/aromatic N) is 4. The van der Waals surface area contributed by atoms with Crippen molar-refractivity contribution in [2.45, 2.75) is 58.3 Å². The van der Waals surface area contributed by atoms with Gasteiger partial charge in [-0.1, -0.05) is 25.1 Å². The summed E-state index contributed by atoms with van der Waals surface area (Å²) >= 11 is 0. The van der Waals surface area contributed by atoms with E-state index in [0.717, 1.165) is 60.1 Å². The second kappa shape index (κ2) is 9.70. The molecule has 4 rings (SSSR count). The van der Waals surface area contributed by atoms with Gasteiger partial charge in [-0.25, -0.2) is 14.8 Å². The SMILES string of the molecule is CCNCc1nc2c(N)nc3ccccc3c2n1CCCCN(C(N)=O)C1CCOC1C. The molecule has 1 saturated heterocycles. The van der Waals surface area contributed by atoms with Crippen LogP contribution in [-0.4, -0.2) is 57.3 Å². The fraction of sp³-hybridized carbons (Fsp3) is 0.522. The van der Waals surface area contributed by atoms with Gasteiger partial charge >= 0.3 is 6.03 Å². The first kappa shape index (κ1) is 22.3. The number of carbonyl (C=O) groups excluding carboxylic acids is 1. The lowest BCUT2D eigenvalue weighted by atomic mass is 10.1. The Bertz CT molecular complexity index is 1100. The minimum atomic E-state index is -0.377. The number of para-hydroxylation sites is 1. The molecule has 2 atom stereocenters. The molecule has 9 heteroatoms. The Morgan fingerprint density at radius 2 is 2.12 bits per heavy atom. The van der Waals surface area contributed by atoms with Gasteiger partial charge in [0.25, 0.3) is 0 Å². The number of imidazole rings is 1. The third kappa shape index (κ3) is 4.35. The molecular weight excluding hydrogens is 406 g/mol. The monoisotopic (exact) mass is 439 g/mol. The number of hydrogen-bond donors (Lipinski definition) is 3. The Hall–Kier alpha value is -2.91. The number of pyridine rings is 1. The van der Waals surface area contributed by atoms with Crippen LogP contribution in [0.4, 0.5) is 10.6 Å². The Balaban J connectivity index is 1.56. The number of amides is 2. The highest BCUT2D eigenvalue weighted by Crippen LogP contribution is 2.29. The van der Waals surface area contributed by atoms with E-state index < -0.39 is 0 Å². The molecule has 2 amide bonds. The number of nitrogen functional groups attached to an aromatic ring is 1. The third-order valence-electron chi connectivity index (χ3n) is 6.27. The number of fused-ring (bicyclic) bond motifs is 3. The number of anilines is 1. The molecule has 172 valence electrons. The van der Waals surface area contributed by atoms with E-state index in [1.807, 2.05) is 25.1 Å². The van der Waals surface area contributed by atoms with Crippen molar-refractivity contribution in [3.63, 3.8) is 0 Å². The van der Waals surface area contributed by atoms with Crippen LogP contribution in [-0.2, 0) is 17.8 Å². The minimum Gasteiger partial charge on any atom is -0.382 e. The number of ether oxygens (including phenoxy) is 1. The number of unbranched alkanes of at least 4 members (excludes halogenated alkanes) is 1. The number of hydrogen-bond acceptors (Lipinski definition) is 6. The first-order chi connectivity index (χ1) is 15.5. The number of rotatable bonds is 9. The summed E-state index contributed by atoms with van der Waals surface area (Å²) in [4.78, 5) is 23.2. The van der Waals surface area contributed by atoms with Crippen LogP contribution in [0.3, 0.4) is 0 Å². The molecule has 1 aliphatic rings. The third-order valence-corrected chi connectivity index (χ3v) is 6.27. The Labute approximate surface area is 188 Å². The maximum Gasteiger partial charge on any atom is 0.315 e. The lowest BCUT2D eigenvalue weighted by Gasteiger charge is -2.29. The van der Waals surface area contributed by atoms with Gasteiger partial charge in [-0.3, -0.25) is 0 Å². The van der Waals surface area contributed by atoms with Crippen LogP contribution in [0.2, 0.25) is 0 Å². The highest BCUT2D eigenvalue weighted by Gasteiger charge is 2.31. The van der Waals surface area contributed by atoms with E-state index in [2.05, 4.69) is 27.9 Å². The van der Waals surface area contributed by atoms with Crippen molar-refractivity contribution >= 4 is 33.8 Å². The number of primary amides is 1. The second-order valence-corrected chi connectivity index (χ2v) is 8.34. The summed E-state index contributed by atoms with van der Waals surface area (Å²) in [7, 11) is 0. The Kier molecular flexibility index (Phi) is 6.76. The minimum absolute atomic E-state index is 0.0219. The quantitative estimate of drug-likeness (QED) is 0.440. The van der Waals surface area contributed by atoms with Gasteiger partial charge in [-0.15, -0.1) is 0 Å². The van der Waals surface area contributed by atoms with Gasteiger partial charge in [0.05, 0.1) is 29.7 Å². The van der Waals surface area contributed by atoms with E-state index in [-0.39, 0.29) is 18.2 Å². The normalized spacial score (nSPS) is 18.6. The van der Waals surface area contributed by atoms with Crippen LogP contribution in [0.25, 0.3) is 21.9 Å². The fourth-order valence-electron chi connectivity index (χ4n) is 4.64. The standard InChI is InChI=1S/C23H33N7O2/c1-3-26-14-19-28-20-21(16-8-4-5-9-17(16)27-22(20)24)30(19)12-7-6-11-29(23(25)31)18-10-13-32-15(18)2/h4-5,8-9,15,18,26H,3,6-7,10-14H2,1-2H3,(H2,24,27)(H2,25,31). The van der Waals surface area contributed by atoms with E-state index in [4.69, 9.17) is 21.2 Å². The van der Waals surface area contributed by atoms with Crippen molar-refractivity contribution in [3.05, 3.63) is 30.1 Å². The zero-order valence-corrected chi connectivity index (χ0v) is 18.9. The number of urea groups is 1. The average molecular weight is 440 g/mol. The summed E-state index contributed by atoms with van der Waals surface area (Å²) in [6.07, 6.45) is 2.58. The molecule has 1 aromatic carbocycles. The maximum atomic E-state index is 12.0. The molecule has 0 spiro atoms. The summed E-state index contributed by atoms with van der Waals surface area (Å²) in [6.45, 7) is 7.65. The summed E-state index contributed by atoms with van der Waals surface area (Å²) in [5.41, 5.74) is 14.6. The lowest BCUT2D eigenvalue weighted by molar-refractivity contribution is 0.0849.